The zero-order chi connectivity index (χ0) is 19.1. The molecule has 1 saturated heterocycles. The molecule has 2 aliphatic rings. The molecule has 1 aliphatic carbocycles. The summed E-state index contributed by atoms with van der Waals surface area (Å²) in [6, 6.07) is 10.5. The van der Waals surface area contributed by atoms with Gasteiger partial charge in [-0.1, -0.05) is 36.8 Å². The summed E-state index contributed by atoms with van der Waals surface area (Å²) in [5.41, 5.74) is 1.23. The van der Waals surface area contributed by atoms with Gasteiger partial charge in [-0.2, -0.15) is 0 Å². The predicted octanol–water partition coefficient (Wildman–Crippen LogP) is 2.52. The van der Waals surface area contributed by atoms with Crippen molar-refractivity contribution in [2.24, 2.45) is 5.92 Å². The number of hydrogen-bond donors (Lipinski definition) is 1. The average molecular weight is 374 g/mol. The van der Waals surface area contributed by atoms with Gasteiger partial charge in [-0.3, -0.25) is 14.6 Å². The molecular weight excluding hydrogens is 338 g/mol. The lowest BCUT2D eigenvalue weighted by molar-refractivity contribution is -0.123. The van der Waals surface area contributed by atoms with Crippen molar-refractivity contribution < 1.29 is 9.53 Å². The number of nitrogens with one attached hydrogen (secondary N) is 1. The third-order valence-electron chi connectivity index (χ3n) is 5.94. The van der Waals surface area contributed by atoms with Crippen LogP contribution in [0, 0.1) is 5.92 Å². The van der Waals surface area contributed by atoms with Gasteiger partial charge in [-0.15, -0.1) is 0 Å². The van der Waals surface area contributed by atoms with Crippen LogP contribution < -0.4 is 5.32 Å². The van der Waals surface area contributed by atoms with Crippen LogP contribution in [0.5, 0.6) is 0 Å². The zero-order valence-corrected chi connectivity index (χ0v) is 17.0. The van der Waals surface area contributed by atoms with Crippen LogP contribution in [0.15, 0.2) is 30.3 Å². The van der Waals surface area contributed by atoms with Gasteiger partial charge in [0, 0.05) is 38.3 Å². The van der Waals surface area contributed by atoms with Crippen LogP contribution in [0.3, 0.4) is 0 Å². The highest BCUT2D eigenvalue weighted by atomic mass is 16.5. The smallest absolute Gasteiger partial charge is 0.234 e. The molecule has 0 aromatic heterocycles. The molecule has 27 heavy (non-hydrogen) atoms. The maximum Gasteiger partial charge on any atom is 0.234 e. The van der Waals surface area contributed by atoms with Crippen LogP contribution in [-0.2, 0) is 16.1 Å². The summed E-state index contributed by atoms with van der Waals surface area (Å²) in [6.07, 6.45) is 3.94. The first-order valence-corrected chi connectivity index (χ1v) is 10.4. The van der Waals surface area contributed by atoms with E-state index in [-0.39, 0.29) is 11.4 Å². The van der Waals surface area contributed by atoms with Crippen molar-refractivity contribution in [2.75, 3.05) is 45.9 Å². The predicted molar refractivity (Wildman–Crippen MR) is 109 cm³/mol. The molecule has 1 amide bonds. The van der Waals surface area contributed by atoms with E-state index in [4.69, 9.17) is 4.74 Å². The Kier molecular flexibility index (Phi) is 7.27. The third kappa shape index (κ3) is 6.30. The minimum absolute atomic E-state index is 0.0440. The quantitative estimate of drug-likeness (QED) is 0.722. The zero-order valence-electron chi connectivity index (χ0n) is 17.0. The fourth-order valence-corrected chi connectivity index (χ4v) is 3.92. The van der Waals surface area contributed by atoms with E-state index in [0.717, 1.165) is 45.3 Å². The molecule has 150 valence electrons. The van der Waals surface area contributed by atoms with Crippen LogP contribution >= 0.6 is 0 Å². The van der Waals surface area contributed by atoms with Crippen molar-refractivity contribution >= 4 is 5.91 Å². The normalized spacial score (nSPS) is 19.1. The standard InChI is InChI=1S/C22H35N3O2/c1-22(2,25-11-13-27-14-12-25)18-23-21(26)17-24(16-20-9-6-10-20)15-19-7-4-3-5-8-19/h3-5,7-8,20H,6,9-18H2,1-2H3,(H,23,26). The number of rotatable bonds is 9. The lowest BCUT2D eigenvalue weighted by Crippen LogP contribution is -2.56. The van der Waals surface area contributed by atoms with E-state index in [1.165, 1.54) is 24.8 Å². The van der Waals surface area contributed by atoms with Crippen molar-refractivity contribution in [1.29, 1.82) is 0 Å². The van der Waals surface area contributed by atoms with E-state index in [0.29, 0.717) is 13.1 Å². The lowest BCUT2D eigenvalue weighted by atomic mass is 9.85. The molecule has 0 spiro atoms. The molecule has 2 fully saturated rings. The largest absolute Gasteiger partial charge is 0.379 e. The highest BCUT2D eigenvalue weighted by Gasteiger charge is 2.29. The molecule has 1 heterocycles. The Morgan fingerprint density at radius 2 is 1.93 bits per heavy atom. The molecule has 1 saturated carbocycles. The Hall–Kier alpha value is -1.43. The lowest BCUT2D eigenvalue weighted by Gasteiger charge is -2.41. The number of amides is 1. The van der Waals surface area contributed by atoms with Crippen molar-refractivity contribution in [1.82, 2.24) is 15.1 Å². The summed E-state index contributed by atoms with van der Waals surface area (Å²) in [5, 5.41) is 3.18. The molecule has 0 unspecified atom stereocenters. The Morgan fingerprint density at radius 1 is 1.22 bits per heavy atom. The SMILES string of the molecule is CC(C)(CNC(=O)CN(Cc1ccccc1)CC1CCC1)N1CCOCC1. The highest BCUT2D eigenvalue weighted by molar-refractivity contribution is 5.78. The number of ether oxygens (including phenoxy) is 1. The maximum atomic E-state index is 12.7. The number of carbonyl (C=O) groups is 1. The van der Waals surface area contributed by atoms with Gasteiger partial charge in [0.1, 0.15) is 0 Å². The van der Waals surface area contributed by atoms with Crippen LogP contribution in [0.25, 0.3) is 0 Å². The minimum Gasteiger partial charge on any atom is -0.379 e. The number of carbonyl (C=O) groups excluding carboxylic acids is 1. The van der Waals surface area contributed by atoms with Crippen LogP contribution in [0.4, 0.5) is 0 Å². The van der Waals surface area contributed by atoms with E-state index in [9.17, 15) is 4.79 Å². The number of benzene rings is 1. The summed E-state index contributed by atoms with van der Waals surface area (Å²) in [7, 11) is 0. The summed E-state index contributed by atoms with van der Waals surface area (Å²) >= 11 is 0. The first kappa shape index (κ1) is 20.3. The summed E-state index contributed by atoms with van der Waals surface area (Å²) in [6.45, 7) is 10.9. The van der Waals surface area contributed by atoms with Gasteiger partial charge < -0.3 is 10.1 Å². The summed E-state index contributed by atoms with van der Waals surface area (Å²) < 4.78 is 5.45. The van der Waals surface area contributed by atoms with E-state index >= 15 is 0 Å². The third-order valence-corrected chi connectivity index (χ3v) is 5.94. The van der Waals surface area contributed by atoms with Crippen LogP contribution in [0.1, 0.15) is 38.7 Å². The molecule has 3 rings (SSSR count). The van der Waals surface area contributed by atoms with Gasteiger partial charge in [-0.25, -0.2) is 0 Å². The summed E-state index contributed by atoms with van der Waals surface area (Å²) in [4.78, 5) is 17.4. The van der Waals surface area contributed by atoms with Crippen molar-refractivity contribution in [3.63, 3.8) is 0 Å². The average Bonchev–Trinajstić information content (AvgIpc) is 2.64. The first-order chi connectivity index (χ1) is 13.0. The van der Waals surface area contributed by atoms with Crippen molar-refractivity contribution in [3.8, 4) is 0 Å². The van der Waals surface area contributed by atoms with Gasteiger partial charge in [0.15, 0.2) is 0 Å². The minimum atomic E-state index is -0.0440. The number of morpholine rings is 1. The molecule has 5 heteroatoms. The molecular formula is C22H35N3O2. The van der Waals surface area contributed by atoms with Crippen LogP contribution in [0.2, 0.25) is 0 Å². The van der Waals surface area contributed by atoms with Gasteiger partial charge in [-0.05, 0) is 38.2 Å². The second-order valence-corrected chi connectivity index (χ2v) is 8.64. The highest BCUT2D eigenvalue weighted by Crippen LogP contribution is 2.27. The van der Waals surface area contributed by atoms with Crippen LogP contribution in [-0.4, -0.2) is 67.2 Å². The monoisotopic (exact) mass is 373 g/mol. The van der Waals surface area contributed by atoms with E-state index in [1.807, 2.05) is 6.07 Å². The molecule has 0 radical (unpaired) electrons. The van der Waals surface area contributed by atoms with Gasteiger partial charge in [0.2, 0.25) is 5.91 Å². The molecule has 0 atom stereocenters. The van der Waals surface area contributed by atoms with E-state index < -0.39 is 0 Å². The molecule has 1 N–H and O–H groups in total. The van der Waals surface area contributed by atoms with Gasteiger partial charge in [0.05, 0.1) is 19.8 Å². The Bertz CT molecular complexity index is 580. The van der Waals surface area contributed by atoms with Gasteiger partial charge >= 0.3 is 0 Å². The molecule has 1 aromatic carbocycles. The van der Waals surface area contributed by atoms with E-state index in [1.54, 1.807) is 0 Å². The fraction of sp³-hybridized carbons (Fsp3) is 0.682. The van der Waals surface area contributed by atoms with Crippen molar-refractivity contribution in [3.05, 3.63) is 35.9 Å². The molecule has 1 aromatic rings. The Morgan fingerprint density at radius 3 is 2.56 bits per heavy atom. The van der Waals surface area contributed by atoms with Crippen molar-refractivity contribution in [2.45, 2.75) is 45.2 Å². The molecule has 0 bridgehead atoms. The molecule has 1 aliphatic heterocycles. The Labute approximate surface area is 164 Å². The number of nitrogens with zero attached hydrogens (tertiary/aromatic N) is 2. The second-order valence-electron chi connectivity index (χ2n) is 8.64. The fourth-order valence-electron chi connectivity index (χ4n) is 3.92. The van der Waals surface area contributed by atoms with E-state index in [2.05, 4.69) is 53.2 Å². The first-order valence-electron chi connectivity index (χ1n) is 10.4. The maximum absolute atomic E-state index is 12.7. The number of hydrogen-bond acceptors (Lipinski definition) is 4. The molecule has 5 nitrogen and oxygen atoms in total. The van der Waals surface area contributed by atoms with Gasteiger partial charge in [0.25, 0.3) is 0 Å². The Balaban J connectivity index is 1.50. The second kappa shape index (κ2) is 9.67. The summed E-state index contributed by atoms with van der Waals surface area (Å²) in [5.74, 6) is 0.887. The topological polar surface area (TPSA) is 44.8 Å².